The van der Waals surface area contributed by atoms with Crippen molar-refractivity contribution in [2.45, 2.75) is 43.3 Å². The van der Waals surface area contributed by atoms with Crippen molar-refractivity contribution < 1.29 is 4.79 Å². The molecule has 0 spiro atoms. The normalized spacial score (nSPS) is 20.5. The maximum Gasteiger partial charge on any atom is 0.130 e. The summed E-state index contributed by atoms with van der Waals surface area (Å²) >= 11 is 1.98. The fourth-order valence-corrected chi connectivity index (χ4v) is 3.91. The van der Waals surface area contributed by atoms with Gasteiger partial charge < -0.3 is 4.79 Å². The van der Waals surface area contributed by atoms with Gasteiger partial charge in [-0.2, -0.15) is 0 Å². The van der Waals surface area contributed by atoms with E-state index in [4.69, 9.17) is 0 Å². The lowest BCUT2D eigenvalue weighted by atomic mass is 9.97. The summed E-state index contributed by atoms with van der Waals surface area (Å²) in [6, 6.07) is 8.64. The lowest BCUT2D eigenvalue weighted by molar-refractivity contribution is -0.117. The Morgan fingerprint density at radius 2 is 2.25 bits per heavy atom. The minimum atomic E-state index is 0.313. The van der Waals surface area contributed by atoms with Crippen LogP contribution in [0.15, 0.2) is 29.2 Å². The third kappa shape index (κ3) is 2.88. The van der Waals surface area contributed by atoms with Gasteiger partial charge in [-0.05, 0) is 37.3 Å². The van der Waals surface area contributed by atoms with E-state index in [-0.39, 0.29) is 0 Å². The number of hydrogen-bond donors (Lipinski definition) is 0. The van der Waals surface area contributed by atoms with Gasteiger partial charge in [0.25, 0.3) is 0 Å². The van der Waals surface area contributed by atoms with Crippen molar-refractivity contribution in [2.75, 3.05) is 0 Å². The molecule has 1 aliphatic heterocycles. The Labute approximate surface area is 102 Å². The SMILES string of the molecule is CC(=O)CC(C)CC1Cc2ccccc2S1. The van der Waals surface area contributed by atoms with Crippen LogP contribution in [0.25, 0.3) is 0 Å². The zero-order valence-electron chi connectivity index (χ0n) is 9.90. The Morgan fingerprint density at radius 3 is 2.94 bits per heavy atom. The van der Waals surface area contributed by atoms with Crippen LogP contribution in [0.3, 0.4) is 0 Å². The smallest absolute Gasteiger partial charge is 0.130 e. The van der Waals surface area contributed by atoms with Crippen LogP contribution < -0.4 is 0 Å². The van der Waals surface area contributed by atoms with Crippen LogP contribution in [0, 0.1) is 5.92 Å². The molecule has 0 saturated heterocycles. The number of hydrogen-bond acceptors (Lipinski definition) is 2. The molecule has 0 radical (unpaired) electrons. The number of rotatable bonds is 4. The molecule has 0 N–H and O–H groups in total. The second-order valence-electron chi connectivity index (χ2n) is 4.80. The van der Waals surface area contributed by atoms with Crippen molar-refractivity contribution in [3.05, 3.63) is 29.8 Å². The summed E-state index contributed by atoms with van der Waals surface area (Å²) in [6.45, 7) is 3.87. The highest BCUT2D eigenvalue weighted by molar-refractivity contribution is 8.00. The summed E-state index contributed by atoms with van der Waals surface area (Å²) in [4.78, 5) is 12.5. The summed E-state index contributed by atoms with van der Waals surface area (Å²) in [6.07, 6.45) is 3.05. The molecule has 0 aromatic heterocycles. The maximum absolute atomic E-state index is 11.0. The van der Waals surface area contributed by atoms with E-state index in [2.05, 4.69) is 31.2 Å². The molecule has 1 nitrogen and oxygen atoms in total. The van der Waals surface area contributed by atoms with Crippen molar-refractivity contribution in [3.8, 4) is 0 Å². The monoisotopic (exact) mass is 234 g/mol. The van der Waals surface area contributed by atoms with E-state index in [1.807, 2.05) is 11.8 Å². The van der Waals surface area contributed by atoms with Gasteiger partial charge in [0.1, 0.15) is 5.78 Å². The summed E-state index contributed by atoms with van der Waals surface area (Å²) in [5.41, 5.74) is 1.48. The first-order valence-corrected chi connectivity index (χ1v) is 6.77. The molecule has 1 heterocycles. The average molecular weight is 234 g/mol. The highest BCUT2D eigenvalue weighted by Gasteiger charge is 2.23. The van der Waals surface area contributed by atoms with E-state index in [1.165, 1.54) is 16.9 Å². The van der Waals surface area contributed by atoms with Gasteiger partial charge >= 0.3 is 0 Å². The van der Waals surface area contributed by atoms with Gasteiger partial charge in [0.15, 0.2) is 0 Å². The first-order valence-electron chi connectivity index (χ1n) is 5.89. The molecular weight excluding hydrogens is 216 g/mol. The fraction of sp³-hybridized carbons (Fsp3) is 0.500. The number of benzene rings is 1. The molecule has 0 amide bonds. The van der Waals surface area contributed by atoms with Crippen LogP contribution >= 0.6 is 11.8 Å². The molecule has 0 aliphatic carbocycles. The third-order valence-corrected chi connectivity index (χ3v) is 4.36. The van der Waals surface area contributed by atoms with Crippen LogP contribution in [0.4, 0.5) is 0 Å². The largest absolute Gasteiger partial charge is 0.300 e. The zero-order chi connectivity index (χ0) is 11.5. The standard InChI is InChI=1S/C14H18OS/c1-10(7-11(2)15)8-13-9-12-5-3-4-6-14(12)16-13/h3-6,10,13H,7-9H2,1-2H3. The zero-order valence-corrected chi connectivity index (χ0v) is 10.7. The third-order valence-electron chi connectivity index (χ3n) is 3.02. The van der Waals surface area contributed by atoms with Crippen LogP contribution in [-0.4, -0.2) is 11.0 Å². The van der Waals surface area contributed by atoms with Crippen LogP contribution in [0.1, 0.15) is 32.3 Å². The number of carbonyl (C=O) groups excluding carboxylic acids is 1. The van der Waals surface area contributed by atoms with Gasteiger partial charge in [0.05, 0.1) is 0 Å². The van der Waals surface area contributed by atoms with E-state index < -0.39 is 0 Å². The first kappa shape index (κ1) is 11.7. The predicted octanol–water partition coefficient (Wildman–Crippen LogP) is 3.71. The number of thioether (sulfide) groups is 1. The number of ketones is 1. The lowest BCUT2D eigenvalue weighted by Crippen LogP contribution is -2.10. The minimum Gasteiger partial charge on any atom is -0.300 e. The number of Topliss-reactive ketones (excluding diaryl/α,β-unsaturated/α-hetero) is 1. The van der Waals surface area contributed by atoms with Crippen LogP contribution in [0.2, 0.25) is 0 Å². The van der Waals surface area contributed by atoms with Crippen molar-refractivity contribution in [1.82, 2.24) is 0 Å². The van der Waals surface area contributed by atoms with Gasteiger partial charge in [-0.15, -0.1) is 11.8 Å². The van der Waals surface area contributed by atoms with E-state index in [0.717, 1.165) is 12.8 Å². The molecule has 1 aromatic carbocycles. The highest BCUT2D eigenvalue weighted by atomic mass is 32.2. The van der Waals surface area contributed by atoms with Crippen LogP contribution in [-0.2, 0) is 11.2 Å². The first-order chi connectivity index (χ1) is 7.65. The molecular formula is C14H18OS. The Bertz CT molecular complexity index is 361. The average Bonchev–Trinajstić information content (AvgIpc) is 2.57. The van der Waals surface area contributed by atoms with Gasteiger partial charge in [-0.25, -0.2) is 0 Å². The lowest BCUT2D eigenvalue weighted by Gasteiger charge is -2.14. The predicted molar refractivity (Wildman–Crippen MR) is 68.9 cm³/mol. The Hall–Kier alpha value is -0.760. The Kier molecular flexibility index (Phi) is 3.70. The molecule has 2 unspecified atom stereocenters. The molecule has 2 rings (SSSR count). The molecule has 86 valence electrons. The summed E-state index contributed by atoms with van der Waals surface area (Å²) in [5, 5.41) is 0.673. The molecule has 0 fully saturated rings. The minimum absolute atomic E-state index is 0.313. The van der Waals surface area contributed by atoms with E-state index in [9.17, 15) is 4.79 Å². The van der Waals surface area contributed by atoms with E-state index in [1.54, 1.807) is 6.92 Å². The topological polar surface area (TPSA) is 17.1 Å². The Morgan fingerprint density at radius 1 is 1.50 bits per heavy atom. The van der Waals surface area contributed by atoms with Crippen LogP contribution in [0.5, 0.6) is 0 Å². The molecule has 16 heavy (non-hydrogen) atoms. The molecule has 1 aliphatic rings. The van der Waals surface area contributed by atoms with Gasteiger partial charge in [0, 0.05) is 16.6 Å². The molecule has 2 atom stereocenters. The fourth-order valence-electron chi connectivity index (χ4n) is 2.41. The summed E-state index contributed by atoms with van der Waals surface area (Å²) in [5.74, 6) is 0.831. The summed E-state index contributed by atoms with van der Waals surface area (Å²) < 4.78 is 0. The quantitative estimate of drug-likeness (QED) is 0.790. The van der Waals surface area contributed by atoms with Gasteiger partial charge in [-0.1, -0.05) is 25.1 Å². The Balaban J connectivity index is 1.89. The van der Waals surface area contributed by atoms with Crippen molar-refractivity contribution in [2.24, 2.45) is 5.92 Å². The highest BCUT2D eigenvalue weighted by Crippen LogP contribution is 2.39. The van der Waals surface area contributed by atoms with Crippen molar-refractivity contribution >= 4 is 17.5 Å². The maximum atomic E-state index is 11.0. The van der Waals surface area contributed by atoms with Gasteiger partial charge in [-0.3, -0.25) is 0 Å². The number of fused-ring (bicyclic) bond motifs is 1. The molecule has 0 bridgehead atoms. The summed E-state index contributed by atoms with van der Waals surface area (Å²) in [7, 11) is 0. The van der Waals surface area contributed by atoms with E-state index in [0.29, 0.717) is 17.0 Å². The van der Waals surface area contributed by atoms with Crippen molar-refractivity contribution in [1.29, 1.82) is 0 Å². The molecule has 0 saturated carbocycles. The second-order valence-corrected chi connectivity index (χ2v) is 6.14. The van der Waals surface area contributed by atoms with Crippen molar-refractivity contribution in [3.63, 3.8) is 0 Å². The molecule has 1 aromatic rings. The second kappa shape index (κ2) is 5.05. The molecule has 2 heteroatoms. The van der Waals surface area contributed by atoms with E-state index >= 15 is 0 Å². The van der Waals surface area contributed by atoms with Gasteiger partial charge in [0.2, 0.25) is 0 Å². The number of carbonyl (C=O) groups is 1.